The first-order chi connectivity index (χ1) is 9.46. The molecule has 4 nitrogen and oxygen atoms in total. The van der Waals surface area contributed by atoms with Crippen molar-refractivity contribution in [2.24, 2.45) is 5.73 Å². The first-order valence-electron chi connectivity index (χ1n) is 5.93. The van der Waals surface area contributed by atoms with Crippen LogP contribution < -0.4 is 5.73 Å². The van der Waals surface area contributed by atoms with Gasteiger partial charge < -0.3 is 5.73 Å². The van der Waals surface area contributed by atoms with Crippen LogP contribution >= 0.6 is 11.3 Å². The van der Waals surface area contributed by atoms with Crippen LogP contribution in [0.5, 0.6) is 0 Å². The normalized spacial score (nSPS) is 12.0. The lowest BCUT2D eigenvalue weighted by Gasteiger charge is -2.17. The van der Waals surface area contributed by atoms with Gasteiger partial charge in [-0.3, -0.25) is 0 Å². The van der Waals surface area contributed by atoms with E-state index in [1.165, 1.54) is 30.5 Å². The topological polar surface area (TPSA) is 63.4 Å². The maximum atomic E-state index is 13.6. The summed E-state index contributed by atoms with van der Waals surface area (Å²) in [7, 11) is -2.23. The largest absolute Gasteiger partial charge is 0.326 e. The third-order valence-electron chi connectivity index (χ3n) is 2.93. The lowest BCUT2D eigenvalue weighted by atomic mass is 10.2. The Bertz CT molecular complexity index is 698. The zero-order valence-corrected chi connectivity index (χ0v) is 12.5. The van der Waals surface area contributed by atoms with Crippen LogP contribution in [0.1, 0.15) is 10.4 Å². The quantitative estimate of drug-likeness (QED) is 0.920. The van der Waals surface area contributed by atoms with Crippen LogP contribution in [0.15, 0.2) is 40.6 Å². The molecule has 7 heteroatoms. The number of nitrogens with zero attached hydrogens (tertiary/aromatic N) is 1. The fraction of sp³-hybridized carbons (Fsp3) is 0.231. The van der Waals surface area contributed by atoms with E-state index in [4.69, 9.17) is 5.73 Å². The summed E-state index contributed by atoms with van der Waals surface area (Å²) >= 11 is 1.30. The fourth-order valence-corrected chi connectivity index (χ4v) is 4.28. The van der Waals surface area contributed by atoms with E-state index in [0.717, 1.165) is 4.31 Å². The van der Waals surface area contributed by atoms with E-state index in [-0.39, 0.29) is 18.0 Å². The van der Waals surface area contributed by atoms with Gasteiger partial charge in [-0.05, 0) is 17.5 Å². The third kappa shape index (κ3) is 2.90. The number of hydrogen-bond donors (Lipinski definition) is 1. The average molecular weight is 314 g/mol. The molecule has 108 valence electrons. The Morgan fingerprint density at radius 3 is 2.65 bits per heavy atom. The standard InChI is InChI=1S/C13H15FN2O2S2/c1-16(9-10-4-2-3-5-11(10)14)20(17,18)13-6-7-19-12(13)8-15/h2-7H,8-9,15H2,1H3. The Morgan fingerprint density at radius 2 is 2.00 bits per heavy atom. The van der Waals surface area contributed by atoms with E-state index in [9.17, 15) is 12.8 Å². The Labute approximate surface area is 121 Å². The fourth-order valence-electron chi connectivity index (χ4n) is 1.83. The first-order valence-corrected chi connectivity index (χ1v) is 8.25. The zero-order valence-electron chi connectivity index (χ0n) is 10.9. The molecule has 2 rings (SSSR count). The molecule has 1 aromatic heterocycles. The molecule has 0 saturated carbocycles. The van der Waals surface area contributed by atoms with Crippen molar-refractivity contribution in [3.63, 3.8) is 0 Å². The average Bonchev–Trinajstić information content (AvgIpc) is 2.90. The molecular weight excluding hydrogens is 299 g/mol. The predicted molar refractivity (Wildman–Crippen MR) is 77.3 cm³/mol. The zero-order chi connectivity index (χ0) is 14.8. The Balaban J connectivity index is 2.29. The molecule has 2 aromatic rings. The number of benzene rings is 1. The SMILES string of the molecule is CN(Cc1ccccc1F)S(=O)(=O)c1ccsc1CN. The van der Waals surface area contributed by atoms with Crippen molar-refractivity contribution in [1.82, 2.24) is 4.31 Å². The molecule has 2 N–H and O–H groups in total. The molecule has 0 aliphatic heterocycles. The van der Waals surface area contributed by atoms with E-state index in [2.05, 4.69) is 0 Å². The summed E-state index contributed by atoms with van der Waals surface area (Å²) in [5.74, 6) is -0.418. The highest BCUT2D eigenvalue weighted by Crippen LogP contribution is 2.25. The highest BCUT2D eigenvalue weighted by Gasteiger charge is 2.25. The molecule has 0 spiro atoms. The number of nitrogens with two attached hydrogens (primary N) is 1. The number of halogens is 1. The van der Waals surface area contributed by atoms with Gasteiger partial charge in [-0.15, -0.1) is 11.3 Å². The Kier molecular flexibility index (Phi) is 4.54. The lowest BCUT2D eigenvalue weighted by Crippen LogP contribution is -2.27. The number of thiophene rings is 1. The predicted octanol–water partition coefficient (Wildman–Crippen LogP) is 2.17. The van der Waals surface area contributed by atoms with Gasteiger partial charge in [0.1, 0.15) is 5.82 Å². The van der Waals surface area contributed by atoms with Crippen LogP contribution in [-0.2, 0) is 23.1 Å². The second-order valence-electron chi connectivity index (χ2n) is 4.26. The van der Waals surface area contributed by atoms with Crippen molar-refractivity contribution >= 4 is 21.4 Å². The molecule has 20 heavy (non-hydrogen) atoms. The van der Waals surface area contributed by atoms with Crippen LogP contribution in [-0.4, -0.2) is 19.8 Å². The maximum absolute atomic E-state index is 13.6. The van der Waals surface area contributed by atoms with E-state index >= 15 is 0 Å². The van der Waals surface area contributed by atoms with Crippen molar-refractivity contribution < 1.29 is 12.8 Å². The summed E-state index contributed by atoms with van der Waals surface area (Å²) < 4.78 is 39.6. The summed E-state index contributed by atoms with van der Waals surface area (Å²) in [5, 5.41) is 1.69. The van der Waals surface area contributed by atoms with Crippen molar-refractivity contribution in [2.45, 2.75) is 18.0 Å². The van der Waals surface area contributed by atoms with Crippen molar-refractivity contribution in [2.75, 3.05) is 7.05 Å². The number of rotatable bonds is 5. The van der Waals surface area contributed by atoms with E-state index in [0.29, 0.717) is 10.4 Å². The smallest absolute Gasteiger partial charge is 0.244 e. The molecule has 0 aliphatic rings. The minimum absolute atomic E-state index is 0.0190. The molecule has 0 atom stereocenters. The lowest BCUT2D eigenvalue weighted by molar-refractivity contribution is 0.456. The van der Waals surface area contributed by atoms with E-state index in [1.54, 1.807) is 23.6 Å². The molecular formula is C13H15FN2O2S2. The van der Waals surface area contributed by atoms with Gasteiger partial charge >= 0.3 is 0 Å². The van der Waals surface area contributed by atoms with Gasteiger partial charge in [0.25, 0.3) is 0 Å². The second-order valence-corrected chi connectivity index (χ2v) is 7.28. The van der Waals surface area contributed by atoms with Gasteiger partial charge in [0.2, 0.25) is 10.0 Å². The molecule has 0 saturated heterocycles. The van der Waals surface area contributed by atoms with E-state index < -0.39 is 15.8 Å². The molecule has 0 amide bonds. The van der Waals surface area contributed by atoms with Crippen molar-refractivity contribution in [3.05, 3.63) is 52.0 Å². The summed E-state index contributed by atoms with van der Waals surface area (Å²) in [6.07, 6.45) is 0. The van der Waals surface area contributed by atoms with Gasteiger partial charge in [0.05, 0.1) is 4.90 Å². The summed E-state index contributed by atoms with van der Waals surface area (Å²) in [6, 6.07) is 7.65. The minimum atomic E-state index is -3.66. The van der Waals surface area contributed by atoms with E-state index in [1.807, 2.05) is 0 Å². The monoisotopic (exact) mass is 314 g/mol. The Morgan fingerprint density at radius 1 is 1.30 bits per heavy atom. The Hall–Kier alpha value is -1.28. The number of hydrogen-bond acceptors (Lipinski definition) is 4. The molecule has 0 bridgehead atoms. The minimum Gasteiger partial charge on any atom is -0.326 e. The van der Waals surface area contributed by atoms with Crippen LogP contribution in [0.3, 0.4) is 0 Å². The third-order valence-corrected chi connectivity index (χ3v) is 5.89. The van der Waals surface area contributed by atoms with Gasteiger partial charge in [-0.25, -0.2) is 12.8 Å². The van der Waals surface area contributed by atoms with Crippen LogP contribution in [0.2, 0.25) is 0 Å². The summed E-state index contributed by atoms with van der Waals surface area (Å²) in [6.45, 7) is 0.147. The molecule has 0 unspecified atom stereocenters. The maximum Gasteiger partial charge on any atom is 0.244 e. The molecule has 0 fully saturated rings. The molecule has 1 heterocycles. The van der Waals surface area contributed by atoms with Crippen LogP contribution in [0, 0.1) is 5.82 Å². The number of sulfonamides is 1. The van der Waals surface area contributed by atoms with Gasteiger partial charge in [0, 0.05) is 30.6 Å². The van der Waals surface area contributed by atoms with Crippen molar-refractivity contribution in [1.29, 1.82) is 0 Å². The molecule has 0 radical (unpaired) electrons. The molecule has 1 aromatic carbocycles. The highest BCUT2D eigenvalue weighted by atomic mass is 32.2. The van der Waals surface area contributed by atoms with Crippen LogP contribution in [0.25, 0.3) is 0 Å². The van der Waals surface area contributed by atoms with Crippen LogP contribution in [0.4, 0.5) is 4.39 Å². The van der Waals surface area contributed by atoms with Gasteiger partial charge in [-0.1, -0.05) is 18.2 Å². The van der Waals surface area contributed by atoms with Crippen molar-refractivity contribution in [3.8, 4) is 0 Å². The molecule has 0 aliphatic carbocycles. The second kappa shape index (κ2) is 6.01. The summed E-state index contributed by atoms with van der Waals surface area (Å²) in [4.78, 5) is 0.800. The van der Waals surface area contributed by atoms with Gasteiger partial charge in [0.15, 0.2) is 0 Å². The highest BCUT2D eigenvalue weighted by molar-refractivity contribution is 7.89. The van der Waals surface area contributed by atoms with Gasteiger partial charge in [-0.2, -0.15) is 4.31 Å². The summed E-state index contributed by atoms with van der Waals surface area (Å²) in [5.41, 5.74) is 5.87. The first kappa shape index (κ1) is 15.1.